The van der Waals surface area contributed by atoms with E-state index in [0.29, 0.717) is 0 Å². The second kappa shape index (κ2) is 26.8. The SMILES string of the molecule is c1ccc(-c2c(-c3ccc4c5ccc(-c6c7ccccc7c(-c7ccc8cc(-c9ccc%10c%11ccc(-c%12c%13ccccc%13c(-c%13cccc%14ccccc%13%14)c%13ccccc%12%13)cc%11n%11c%12ccccc%12c9c%10%11)ccc8c7)c7ccccc67)c6c7ccccc7n(c4c3)c56)cccc2-c2c3ccccc3c(-c3ccc4oc5cc6ccccc6cc5c4c3)c3ccccc23)cc1. The van der Waals surface area contributed by atoms with Crippen molar-refractivity contribution in [2.75, 3.05) is 0 Å². The maximum absolute atomic E-state index is 6.60. The van der Waals surface area contributed by atoms with Crippen LogP contribution in [0.25, 0.3) is 295 Å². The average Bonchev–Trinajstić information content (AvgIpc) is 1.53. The summed E-state index contributed by atoms with van der Waals surface area (Å²) >= 11 is 0. The van der Waals surface area contributed by atoms with Gasteiger partial charge in [-0.25, -0.2) is 0 Å². The van der Waals surface area contributed by atoms with Crippen molar-refractivity contribution in [1.82, 2.24) is 8.80 Å². The van der Waals surface area contributed by atoms with Crippen LogP contribution in [0, 0.1) is 0 Å². The van der Waals surface area contributed by atoms with Gasteiger partial charge in [0.05, 0.1) is 33.1 Å². The monoisotopic (exact) mass is 1630 g/mol. The Balaban J connectivity index is 0.551. The molecule has 29 aromatic rings. The maximum Gasteiger partial charge on any atom is 0.136 e. The number of furan rings is 1. The van der Waals surface area contributed by atoms with Crippen molar-refractivity contribution in [2.45, 2.75) is 0 Å². The summed E-state index contributed by atoms with van der Waals surface area (Å²) in [7, 11) is 0. The highest BCUT2D eigenvalue weighted by atomic mass is 16.3. The lowest BCUT2D eigenvalue weighted by molar-refractivity contribution is 0.669. The fraction of sp³-hybridized carbons (Fsp3) is 0. The molecule has 0 radical (unpaired) electrons. The number of aromatic nitrogens is 2. The van der Waals surface area contributed by atoms with E-state index >= 15 is 0 Å². The van der Waals surface area contributed by atoms with Crippen LogP contribution in [0.5, 0.6) is 0 Å². The number of para-hydroxylation sites is 2. The predicted octanol–water partition coefficient (Wildman–Crippen LogP) is 35.3. The van der Waals surface area contributed by atoms with E-state index in [-0.39, 0.29) is 0 Å². The highest BCUT2D eigenvalue weighted by molar-refractivity contribution is 6.34. The molecule has 0 aliphatic heterocycles. The summed E-state index contributed by atoms with van der Waals surface area (Å²) in [4.78, 5) is 0. The Kier molecular flexibility index (Phi) is 14.6. The number of fused-ring (bicyclic) bond motifs is 24. The summed E-state index contributed by atoms with van der Waals surface area (Å²) in [6.45, 7) is 0. The average molecular weight is 1630 g/mol. The normalized spacial score (nSPS) is 12.3. The van der Waals surface area contributed by atoms with Gasteiger partial charge in [-0.05, 0) is 258 Å². The zero-order valence-electron chi connectivity index (χ0n) is 69.9. The molecule has 0 atom stereocenters. The molecule has 3 nitrogen and oxygen atoms in total. The van der Waals surface area contributed by atoms with Gasteiger partial charge in [0.1, 0.15) is 11.2 Å². The lowest BCUT2D eigenvalue weighted by atomic mass is 9.81. The molecule has 0 bridgehead atoms. The van der Waals surface area contributed by atoms with E-state index in [4.69, 9.17) is 4.42 Å². The lowest BCUT2D eigenvalue weighted by Gasteiger charge is -2.21. The van der Waals surface area contributed by atoms with Gasteiger partial charge in [0, 0.05) is 53.9 Å². The highest BCUT2D eigenvalue weighted by Gasteiger charge is 2.30. The van der Waals surface area contributed by atoms with Crippen LogP contribution in [0.1, 0.15) is 0 Å². The minimum Gasteiger partial charge on any atom is -0.456 e. The highest BCUT2D eigenvalue weighted by Crippen LogP contribution is 2.56. The maximum atomic E-state index is 6.60. The van der Waals surface area contributed by atoms with Crippen molar-refractivity contribution in [3.8, 4) is 100 Å². The summed E-state index contributed by atoms with van der Waals surface area (Å²) in [5.74, 6) is 0. The van der Waals surface area contributed by atoms with Crippen molar-refractivity contribution >= 4 is 195 Å². The molecule has 129 heavy (non-hydrogen) atoms. The summed E-state index contributed by atoms with van der Waals surface area (Å²) in [5, 5.41) is 34.3. The first-order valence-corrected chi connectivity index (χ1v) is 44.8. The van der Waals surface area contributed by atoms with Crippen LogP contribution in [0.2, 0.25) is 0 Å². The van der Waals surface area contributed by atoms with E-state index in [1.807, 2.05) is 0 Å². The van der Waals surface area contributed by atoms with Crippen LogP contribution in [0.4, 0.5) is 0 Å². The third kappa shape index (κ3) is 9.96. The Hall–Kier alpha value is -17.0. The third-order valence-corrected chi connectivity index (χ3v) is 28.9. The molecule has 24 aromatic carbocycles. The summed E-state index contributed by atoms with van der Waals surface area (Å²) < 4.78 is 11.7. The zero-order valence-corrected chi connectivity index (χ0v) is 69.9. The number of nitrogens with zero attached hydrogens (tertiary/aromatic N) is 2. The molecular formula is C126H72N2O. The van der Waals surface area contributed by atoms with Gasteiger partial charge in [-0.3, -0.25) is 0 Å². The first-order chi connectivity index (χ1) is 64.0. The van der Waals surface area contributed by atoms with Gasteiger partial charge in [0.15, 0.2) is 0 Å². The largest absolute Gasteiger partial charge is 0.456 e. The van der Waals surface area contributed by atoms with Crippen molar-refractivity contribution in [3.63, 3.8) is 0 Å². The summed E-state index contributed by atoms with van der Waals surface area (Å²) in [5.41, 5.74) is 30.9. The minimum atomic E-state index is 0.888. The molecule has 0 saturated heterocycles. The smallest absolute Gasteiger partial charge is 0.136 e. The van der Waals surface area contributed by atoms with Crippen LogP contribution in [-0.2, 0) is 0 Å². The second-order valence-corrected chi connectivity index (χ2v) is 35.4. The molecule has 0 unspecified atom stereocenters. The molecule has 0 spiro atoms. The van der Waals surface area contributed by atoms with Gasteiger partial charge >= 0.3 is 0 Å². The molecule has 29 rings (SSSR count). The van der Waals surface area contributed by atoms with Gasteiger partial charge < -0.3 is 13.2 Å². The molecule has 0 saturated carbocycles. The second-order valence-electron chi connectivity index (χ2n) is 35.4. The fourth-order valence-corrected chi connectivity index (χ4v) is 23.5. The molecule has 0 fully saturated rings. The quantitative estimate of drug-likeness (QED) is 0.132. The van der Waals surface area contributed by atoms with E-state index in [2.05, 4.69) is 446 Å². The van der Waals surface area contributed by atoms with Crippen LogP contribution in [0.3, 0.4) is 0 Å². The van der Waals surface area contributed by atoms with Crippen LogP contribution in [0.15, 0.2) is 441 Å². The van der Waals surface area contributed by atoms with E-state index in [0.717, 1.165) is 33.1 Å². The summed E-state index contributed by atoms with van der Waals surface area (Å²) in [6, 6.07) is 165. The molecular weight excluding hydrogens is 1560 g/mol. The Bertz CT molecular complexity index is 9790. The van der Waals surface area contributed by atoms with Crippen molar-refractivity contribution in [1.29, 1.82) is 0 Å². The number of hydrogen-bond acceptors (Lipinski definition) is 1. The molecule has 0 N–H and O–H groups in total. The van der Waals surface area contributed by atoms with Crippen molar-refractivity contribution < 1.29 is 4.42 Å². The Morgan fingerprint density at radius 2 is 0.488 bits per heavy atom. The molecule has 592 valence electrons. The van der Waals surface area contributed by atoms with Crippen LogP contribution < -0.4 is 0 Å². The Morgan fingerprint density at radius 1 is 0.140 bits per heavy atom. The van der Waals surface area contributed by atoms with E-state index < -0.39 is 0 Å². The van der Waals surface area contributed by atoms with E-state index in [9.17, 15) is 0 Å². The van der Waals surface area contributed by atoms with Crippen LogP contribution >= 0.6 is 0 Å². The van der Waals surface area contributed by atoms with Gasteiger partial charge in [-0.2, -0.15) is 0 Å². The number of benzene rings is 24. The zero-order chi connectivity index (χ0) is 84.0. The fourth-order valence-electron chi connectivity index (χ4n) is 23.5. The van der Waals surface area contributed by atoms with E-state index in [1.165, 1.54) is 262 Å². The first-order valence-electron chi connectivity index (χ1n) is 44.8. The Morgan fingerprint density at radius 3 is 1.05 bits per heavy atom. The molecule has 0 aliphatic carbocycles. The standard InChI is InChI=1S/C126H72N2O/c1-2-27-74(28-3-1)116-85(47-25-49-106(116)121-98-41-16-12-37-94(98)118(95-38-13-17-42-99(95)121)82-58-65-114-108(69-82)109-68-75-29-4-5-30-76(75)72-115(109)129-114)80-56-59-87-103-63-64-107(124-105-46-21-23-51-111(105)127(126(103)124)112(87)70-80)122-100-43-18-10-35-92(100)117(93-36-11-19-44-101(93)122)81-55-53-77-66-79(54-52-78(77)67-81)86-61-62-102-88-60-57-83(71-113(88)128-110-50-22-20-45-104(110)123(86)125(102)128)119-90-33-8-14-39-96(90)120(97-40-15-9-34-91(97)119)89-48-24-31-73-26-6-7-32-84(73)89/h1-72H. The van der Waals surface area contributed by atoms with Crippen molar-refractivity contribution in [2.24, 2.45) is 0 Å². The van der Waals surface area contributed by atoms with Gasteiger partial charge in [-0.1, -0.05) is 376 Å². The Labute approximate surface area is 740 Å². The van der Waals surface area contributed by atoms with Crippen LogP contribution in [-0.4, -0.2) is 8.80 Å². The molecule has 0 amide bonds. The van der Waals surface area contributed by atoms with Gasteiger partial charge in [0.25, 0.3) is 0 Å². The predicted molar refractivity (Wildman–Crippen MR) is 550 cm³/mol. The summed E-state index contributed by atoms with van der Waals surface area (Å²) in [6.07, 6.45) is 0. The van der Waals surface area contributed by atoms with Gasteiger partial charge in [-0.15, -0.1) is 0 Å². The molecule has 0 aliphatic rings. The minimum absolute atomic E-state index is 0.888. The first kappa shape index (κ1) is 70.4. The number of rotatable bonds is 9. The van der Waals surface area contributed by atoms with Crippen molar-refractivity contribution in [3.05, 3.63) is 437 Å². The molecule has 5 heterocycles. The topological polar surface area (TPSA) is 22.0 Å². The van der Waals surface area contributed by atoms with Gasteiger partial charge in [0.2, 0.25) is 0 Å². The molecule has 5 aromatic heterocycles. The molecule has 3 heteroatoms. The van der Waals surface area contributed by atoms with E-state index in [1.54, 1.807) is 0 Å². The lowest BCUT2D eigenvalue weighted by Crippen LogP contribution is -1.95. The third-order valence-electron chi connectivity index (χ3n) is 28.9. The number of hydrogen-bond donors (Lipinski definition) is 0.